The van der Waals surface area contributed by atoms with Crippen molar-refractivity contribution < 1.29 is 14.8 Å². The number of carboxylic acid groups (broad SMARTS) is 1. The third kappa shape index (κ3) is 1.71. The van der Waals surface area contributed by atoms with Crippen molar-refractivity contribution in [3.8, 4) is 0 Å². The number of hydrogen-bond acceptors (Lipinski definition) is 4. The van der Waals surface area contributed by atoms with Crippen LogP contribution in [0.25, 0.3) is 0 Å². The first-order valence-electron chi connectivity index (χ1n) is 3.90. The van der Waals surface area contributed by atoms with Crippen LogP contribution in [-0.2, 0) is 0 Å². The summed E-state index contributed by atoms with van der Waals surface area (Å²) in [6.45, 7) is 3.00. The lowest BCUT2D eigenvalue weighted by molar-refractivity contribution is -0.386. The van der Waals surface area contributed by atoms with Gasteiger partial charge in [0.15, 0.2) is 0 Å². The Morgan fingerprint density at radius 1 is 1.29 bits per heavy atom. The molecule has 0 bridgehead atoms. The molecule has 5 heteroatoms. The summed E-state index contributed by atoms with van der Waals surface area (Å²) in [5.41, 5.74) is 0.573. The lowest BCUT2D eigenvalue weighted by atomic mass is 10.0. The molecule has 0 spiro atoms. The number of aryl methyl sites for hydroxylation is 2. The molecule has 14 heavy (non-hydrogen) atoms. The normalized spacial score (nSPS) is 9.86. The van der Waals surface area contributed by atoms with E-state index in [2.05, 4.69) is 0 Å². The first kappa shape index (κ1) is 10.2. The fourth-order valence-corrected chi connectivity index (χ4v) is 1.36. The lowest BCUT2D eigenvalue weighted by Gasteiger charge is -2.06. The molecular weight excluding hydrogens is 186 g/mol. The van der Waals surface area contributed by atoms with Gasteiger partial charge in [0, 0.05) is 11.1 Å². The average Bonchev–Trinajstić information content (AvgIpc) is 2.01. The topological polar surface area (TPSA) is 83.3 Å². The van der Waals surface area contributed by atoms with Crippen molar-refractivity contribution in [3.05, 3.63) is 38.9 Å². The summed E-state index contributed by atoms with van der Waals surface area (Å²) < 4.78 is 0. The number of hydrogen-bond donors (Lipinski definition) is 0. The highest BCUT2D eigenvalue weighted by Crippen LogP contribution is 2.23. The summed E-state index contributed by atoms with van der Waals surface area (Å²) in [5.74, 6) is -1.33. The predicted octanol–water partition coefficient (Wildman–Crippen LogP) is 0.575. The molecule has 0 saturated carbocycles. The minimum absolute atomic E-state index is 0.0365. The van der Waals surface area contributed by atoms with Crippen LogP contribution in [-0.4, -0.2) is 10.9 Å². The maximum atomic E-state index is 10.6. The summed E-state index contributed by atoms with van der Waals surface area (Å²) in [7, 11) is 0. The second-order valence-electron chi connectivity index (χ2n) is 3.00. The fourth-order valence-electron chi connectivity index (χ4n) is 1.36. The SMILES string of the molecule is Cc1cc(C(=O)[O-])cc(C)c1[N+](=O)[O-]. The fraction of sp³-hybridized carbons (Fsp3) is 0.222. The maximum Gasteiger partial charge on any atom is 0.275 e. The Morgan fingerprint density at radius 2 is 1.71 bits per heavy atom. The van der Waals surface area contributed by atoms with Crippen LogP contribution >= 0.6 is 0 Å². The molecule has 1 aromatic carbocycles. The molecule has 0 aliphatic carbocycles. The van der Waals surface area contributed by atoms with Gasteiger partial charge in [0.1, 0.15) is 0 Å². The van der Waals surface area contributed by atoms with Crippen molar-refractivity contribution in [2.45, 2.75) is 13.8 Å². The lowest BCUT2D eigenvalue weighted by Crippen LogP contribution is -2.22. The van der Waals surface area contributed by atoms with Gasteiger partial charge in [-0.1, -0.05) is 0 Å². The summed E-state index contributed by atoms with van der Waals surface area (Å²) in [6, 6.07) is 2.47. The number of aromatic carboxylic acids is 1. The molecule has 0 saturated heterocycles. The molecule has 0 N–H and O–H groups in total. The van der Waals surface area contributed by atoms with Gasteiger partial charge in [-0.05, 0) is 31.5 Å². The number of nitrogens with zero attached hydrogens (tertiary/aromatic N) is 1. The van der Waals surface area contributed by atoms with E-state index in [-0.39, 0.29) is 11.3 Å². The minimum atomic E-state index is -1.33. The van der Waals surface area contributed by atoms with E-state index in [0.29, 0.717) is 11.1 Å². The van der Waals surface area contributed by atoms with Crippen molar-refractivity contribution in [2.75, 3.05) is 0 Å². The smallest absolute Gasteiger partial charge is 0.275 e. The summed E-state index contributed by atoms with van der Waals surface area (Å²) in [4.78, 5) is 20.5. The third-order valence-corrected chi connectivity index (χ3v) is 1.91. The number of benzene rings is 1. The number of carboxylic acids is 1. The highest BCUT2D eigenvalue weighted by atomic mass is 16.6. The van der Waals surface area contributed by atoms with Gasteiger partial charge < -0.3 is 9.90 Å². The molecule has 0 radical (unpaired) electrons. The summed E-state index contributed by atoms with van der Waals surface area (Å²) in [5, 5.41) is 21.1. The van der Waals surface area contributed by atoms with Gasteiger partial charge in [-0.3, -0.25) is 10.1 Å². The molecule has 0 fully saturated rings. The molecule has 74 valence electrons. The van der Waals surface area contributed by atoms with E-state index in [0.717, 1.165) is 0 Å². The van der Waals surface area contributed by atoms with E-state index in [1.807, 2.05) is 0 Å². The number of nitro groups is 1. The zero-order valence-corrected chi connectivity index (χ0v) is 7.73. The first-order valence-corrected chi connectivity index (χ1v) is 3.90. The highest BCUT2D eigenvalue weighted by Gasteiger charge is 2.15. The molecule has 0 heterocycles. The molecule has 0 unspecified atom stereocenters. The first-order chi connectivity index (χ1) is 6.43. The monoisotopic (exact) mass is 194 g/mol. The second-order valence-corrected chi connectivity index (χ2v) is 3.00. The summed E-state index contributed by atoms with van der Waals surface area (Å²) >= 11 is 0. The van der Waals surface area contributed by atoms with E-state index in [1.54, 1.807) is 0 Å². The molecule has 0 aromatic heterocycles. The van der Waals surface area contributed by atoms with E-state index < -0.39 is 10.9 Å². The number of nitro benzene ring substituents is 1. The Morgan fingerprint density at radius 3 is 2.00 bits per heavy atom. The van der Waals surface area contributed by atoms with Gasteiger partial charge in [0.05, 0.1) is 10.9 Å². The molecule has 0 aliphatic heterocycles. The Hall–Kier alpha value is -1.91. The van der Waals surface area contributed by atoms with Gasteiger partial charge in [-0.25, -0.2) is 0 Å². The maximum absolute atomic E-state index is 10.6. The largest absolute Gasteiger partial charge is 0.545 e. The van der Waals surface area contributed by atoms with E-state index in [4.69, 9.17) is 0 Å². The third-order valence-electron chi connectivity index (χ3n) is 1.91. The number of carbonyl (C=O) groups excluding carboxylic acids is 1. The minimum Gasteiger partial charge on any atom is -0.545 e. The molecule has 0 aliphatic rings. The van der Waals surface area contributed by atoms with Crippen LogP contribution in [0.4, 0.5) is 5.69 Å². The van der Waals surface area contributed by atoms with Crippen LogP contribution in [0.3, 0.4) is 0 Å². The summed E-state index contributed by atoms with van der Waals surface area (Å²) in [6.07, 6.45) is 0. The van der Waals surface area contributed by atoms with E-state index >= 15 is 0 Å². The van der Waals surface area contributed by atoms with Crippen molar-refractivity contribution >= 4 is 11.7 Å². The Kier molecular flexibility index (Phi) is 2.51. The Balaban J connectivity index is 3.39. The molecule has 0 amide bonds. The molecule has 0 atom stereocenters. The molecule has 1 aromatic rings. The van der Waals surface area contributed by atoms with Gasteiger partial charge in [-0.15, -0.1) is 0 Å². The van der Waals surface area contributed by atoms with E-state index in [1.165, 1.54) is 26.0 Å². The van der Waals surface area contributed by atoms with Crippen molar-refractivity contribution in [1.82, 2.24) is 0 Å². The Labute approximate surface area is 80.1 Å². The van der Waals surface area contributed by atoms with Crippen LogP contribution in [0.2, 0.25) is 0 Å². The van der Waals surface area contributed by atoms with Crippen LogP contribution in [0.1, 0.15) is 21.5 Å². The van der Waals surface area contributed by atoms with Gasteiger partial charge in [0.2, 0.25) is 0 Å². The zero-order valence-electron chi connectivity index (χ0n) is 7.73. The zero-order chi connectivity index (χ0) is 10.9. The van der Waals surface area contributed by atoms with Crippen molar-refractivity contribution in [3.63, 3.8) is 0 Å². The van der Waals surface area contributed by atoms with Crippen LogP contribution < -0.4 is 5.11 Å². The van der Waals surface area contributed by atoms with Crippen LogP contribution in [0.5, 0.6) is 0 Å². The van der Waals surface area contributed by atoms with Crippen LogP contribution in [0.15, 0.2) is 12.1 Å². The van der Waals surface area contributed by atoms with Gasteiger partial charge in [0.25, 0.3) is 5.69 Å². The average molecular weight is 194 g/mol. The van der Waals surface area contributed by atoms with Gasteiger partial charge in [-0.2, -0.15) is 0 Å². The predicted molar refractivity (Wildman–Crippen MR) is 46.9 cm³/mol. The standard InChI is InChI=1S/C9H9NO4/c1-5-3-7(9(11)12)4-6(2)8(5)10(13)14/h3-4H,1-2H3,(H,11,12)/p-1. The molecule has 5 nitrogen and oxygen atoms in total. The van der Waals surface area contributed by atoms with Gasteiger partial charge >= 0.3 is 0 Å². The van der Waals surface area contributed by atoms with Crippen LogP contribution in [0, 0.1) is 24.0 Å². The van der Waals surface area contributed by atoms with Crippen molar-refractivity contribution in [2.24, 2.45) is 0 Å². The Bertz CT molecular complexity index is 388. The molecule has 1 rings (SSSR count). The quantitative estimate of drug-likeness (QED) is 0.509. The van der Waals surface area contributed by atoms with Crippen molar-refractivity contribution in [1.29, 1.82) is 0 Å². The number of rotatable bonds is 2. The van der Waals surface area contributed by atoms with E-state index in [9.17, 15) is 20.0 Å². The molecular formula is C9H8NO4-. The highest BCUT2D eigenvalue weighted by molar-refractivity contribution is 5.87. The second kappa shape index (κ2) is 3.45. The number of carbonyl (C=O) groups is 1.